The van der Waals surface area contributed by atoms with Gasteiger partial charge in [0.1, 0.15) is 0 Å². The topological polar surface area (TPSA) is 12.0 Å². The van der Waals surface area contributed by atoms with E-state index in [-0.39, 0.29) is 0 Å². The maximum atomic E-state index is 12.3. The van der Waals surface area contributed by atoms with Crippen LogP contribution in [0.2, 0.25) is 0 Å². The molecule has 4 heteroatoms. The predicted octanol–water partition coefficient (Wildman–Crippen LogP) is 5.17. The van der Waals surface area contributed by atoms with Gasteiger partial charge in [0.05, 0.1) is 0 Å². The van der Waals surface area contributed by atoms with E-state index >= 15 is 0 Å². The summed E-state index contributed by atoms with van der Waals surface area (Å²) in [7, 11) is 0. The maximum Gasteiger partial charge on any atom is 0.288 e. The number of hydrogen-bond donors (Lipinski definition) is 1. The maximum absolute atomic E-state index is 12.3. The van der Waals surface area contributed by atoms with Crippen LogP contribution in [0.3, 0.4) is 0 Å². The van der Waals surface area contributed by atoms with Crippen molar-refractivity contribution >= 4 is 11.8 Å². The molecule has 0 unspecified atom stereocenters. The van der Waals surface area contributed by atoms with Crippen molar-refractivity contribution in [1.29, 1.82) is 0 Å². The lowest BCUT2D eigenvalue weighted by molar-refractivity contribution is 0.252. The molecule has 0 radical (unpaired) electrons. The fourth-order valence-electron chi connectivity index (χ4n) is 1.97. The number of nitrogens with one attached hydrogen (secondary N) is 1. The zero-order valence-electron chi connectivity index (χ0n) is 12.1. The molecule has 0 aliphatic rings. The molecule has 0 amide bonds. The molecule has 0 fully saturated rings. The molecule has 112 valence electrons. The summed E-state index contributed by atoms with van der Waals surface area (Å²) in [5, 5.41) is 3.37. The van der Waals surface area contributed by atoms with Gasteiger partial charge in [-0.15, -0.1) is 0 Å². The first-order valence-electron chi connectivity index (χ1n) is 6.92. The molecule has 0 spiro atoms. The SMILES string of the molecule is CC(C)NCc1ccc(-c2ccc(SC(F)F)cc2)cc1. The zero-order valence-corrected chi connectivity index (χ0v) is 13.0. The molecular formula is C17H19F2NS. The number of halogens is 2. The summed E-state index contributed by atoms with van der Waals surface area (Å²) in [4.78, 5) is 0.589. The Balaban J connectivity index is 2.04. The highest BCUT2D eigenvalue weighted by Crippen LogP contribution is 2.28. The largest absolute Gasteiger partial charge is 0.310 e. The van der Waals surface area contributed by atoms with Crippen LogP contribution in [0.25, 0.3) is 11.1 Å². The van der Waals surface area contributed by atoms with Gasteiger partial charge < -0.3 is 5.32 Å². The average Bonchev–Trinajstić information content (AvgIpc) is 2.46. The monoisotopic (exact) mass is 307 g/mol. The van der Waals surface area contributed by atoms with Crippen molar-refractivity contribution in [2.75, 3.05) is 0 Å². The van der Waals surface area contributed by atoms with E-state index in [1.54, 1.807) is 12.1 Å². The highest BCUT2D eigenvalue weighted by atomic mass is 32.2. The summed E-state index contributed by atoms with van der Waals surface area (Å²) >= 11 is 0.572. The Morgan fingerprint density at radius 1 is 0.905 bits per heavy atom. The van der Waals surface area contributed by atoms with Crippen LogP contribution in [-0.4, -0.2) is 11.8 Å². The Morgan fingerprint density at radius 2 is 1.43 bits per heavy atom. The van der Waals surface area contributed by atoms with E-state index in [0.717, 1.165) is 17.7 Å². The number of rotatable bonds is 6. The van der Waals surface area contributed by atoms with Gasteiger partial charge >= 0.3 is 0 Å². The van der Waals surface area contributed by atoms with E-state index in [0.29, 0.717) is 22.7 Å². The number of benzene rings is 2. The molecule has 0 aliphatic heterocycles. The Labute approximate surface area is 128 Å². The molecular weight excluding hydrogens is 288 g/mol. The molecule has 2 aromatic carbocycles. The lowest BCUT2D eigenvalue weighted by Crippen LogP contribution is -2.21. The van der Waals surface area contributed by atoms with Crippen LogP contribution in [0, 0.1) is 0 Å². The summed E-state index contributed by atoms with van der Waals surface area (Å²) in [6, 6.07) is 16.0. The van der Waals surface area contributed by atoms with Gasteiger partial charge in [-0.2, -0.15) is 8.78 Å². The average molecular weight is 307 g/mol. The molecule has 0 aliphatic carbocycles. The van der Waals surface area contributed by atoms with Gasteiger partial charge in [0.2, 0.25) is 0 Å². The zero-order chi connectivity index (χ0) is 15.2. The Hall–Kier alpha value is -1.39. The van der Waals surface area contributed by atoms with Crippen LogP contribution in [-0.2, 0) is 6.54 Å². The summed E-state index contributed by atoms with van der Waals surface area (Å²) in [5.41, 5.74) is 3.37. The molecule has 1 nitrogen and oxygen atoms in total. The van der Waals surface area contributed by atoms with Crippen molar-refractivity contribution in [2.24, 2.45) is 0 Å². The van der Waals surface area contributed by atoms with Crippen LogP contribution in [0.1, 0.15) is 19.4 Å². The molecule has 0 aromatic heterocycles. The number of alkyl halides is 2. The highest BCUT2D eigenvalue weighted by Gasteiger charge is 2.05. The van der Waals surface area contributed by atoms with Crippen LogP contribution in [0.15, 0.2) is 53.4 Å². The summed E-state index contributed by atoms with van der Waals surface area (Å²) in [5.74, 6) is -2.37. The lowest BCUT2D eigenvalue weighted by atomic mass is 10.0. The molecule has 0 heterocycles. The lowest BCUT2D eigenvalue weighted by Gasteiger charge is -2.09. The number of thioether (sulfide) groups is 1. The molecule has 0 saturated carbocycles. The van der Waals surface area contributed by atoms with Crippen LogP contribution in [0.4, 0.5) is 8.78 Å². The van der Waals surface area contributed by atoms with E-state index in [1.165, 1.54) is 5.56 Å². The summed E-state index contributed by atoms with van der Waals surface area (Å²) in [6.45, 7) is 5.09. The van der Waals surface area contributed by atoms with E-state index in [1.807, 2.05) is 12.1 Å². The second kappa shape index (κ2) is 7.57. The number of hydrogen-bond acceptors (Lipinski definition) is 2. The first kappa shape index (κ1) is 16.0. The Bertz CT molecular complexity index is 550. The fourth-order valence-corrected chi connectivity index (χ4v) is 2.46. The van der Waals surface area contributed by atoms with Crippen molar-refractivity contribution in [1.82, 2.24) is 5.32 Å². The van der Waals surface area contributed by atoms with Gasteiger partial charge in [-0.25, -0.2) is 0 Å². The second-order valence-corrected chi connectivity index (χ2v) is 6.20. The molecule has 0 saturated heterocycles. The standard InChI is InChI=1S/C17H19F2NS/c1-12(2)20-11-13-3-5-14(6-4-13)15-7-9-16(10-8-15)21-17(18)19/h3-10,12,17,20H,11H2,1-2H3. The Morgan fingerprint density at radius 3 is 1.90 bits per heavy atom. The minimum Gasteiger partial charge on any atom is -0.310 e. The van der Waals surface area contributed by atoms with Gasteiger partial charge in [-0.05, 0) is 28.8 Å². The first-order valence-corrected chi connectivity index (χ1v) is 7.80. The normalized spacial score (nSPS) is 11.3. The van der Waals surface area contributed by atoms with Gasteiger partial charge in [0, 0.05) is 17.5 Å². The Kier molecular flexibility index (Phi) is 5.76. The van der Waals surface area contributed by atoms with Gasteiger partial charge in [0.15, 0.2) is 0 Å². The van der Waals surface area contributed by atoms with Gasteiger partial charge in [-0.3, -0.25) is 0 Å². The van der Waals surface area contributed by atoms with E-state index in [9.17, 15) is 8.78 Å². The van der Waals surface area contributed by atoms with Crippen molar-refractivity contribution in [2.45, 2.75) is 37.1 Å². The highest BCUT2D eigenvalue weighted by molar-refractivity contribution is 7.99. The molecule has 1 N–H and O–H groups in total. The van der Waals surface area contributed by atoms with E-state index in [2.05, 4.69) is 43.4 Å². The molecule has 21 heavy (non-hydrogen) atoms. The van der Waals surface area contributed by atoms with Crippen molar-refractivity contribution in [3.05, 3.63) is 54.1 Å². The molecule has 0 bridgehead atoms. The van der Waals surface area contributed by atoms with Crippen LogP contribution >= 0.6 is 11.8 Å². The van der Waals surface area contributed by atoms with Gasteiger partial charge in [0.25, 0.3) is 5.76 Å². The third-order valence-electron chi connectivity index (χ3n) is 3.08. The van der Waals surface area contributed by atoms with Crippen molar-refractivity contribution in [3.8, 4) is 11.1 Å². The van der Waals surface area contributed by atoms with Crippen molar-refractivity contribution < 1.29 is 8.78 Å². The van der Waals surface area contributed by atoms with Crippen LogP contribution in [0.5, 0.6) is 0 Å². The minimum absolute atomic E-state index is 0.463. The third kappa shape index (κ3) is 5.14. The molecule has 0 atom stereocenters. The fraction of sp³-hybridized carbons (Fsp3) is 0.294. The summed E-state index contributed by atoms with van der Waals surface area (Å²) in [6.07, 6.45) is 0. The summed E-state index contributed by atoms with van der Waals surface area (Å²) < 4.78 is 24.5. The third-order valence-corrected chi connectivity index (χ3v) is 3.80. The quantitative estimate of drug-likeness (QED) is 0.739. The smallest absolute Gasteiger partial charge is 0.288 e. The first-order chi connectivity index (χ1) is 10.0. The molecule has 2 rings (SSSR count). The van der Waals surface area contributed by atoms with Crippen molar-refractivity contribution in [3.63, 3.8) is 0 Å². The predicted molar refractivity (Wildman–Crippen MR) is 85.7 cm³/mol. The van der Waals surface area contributed by atoms with Gasteiger partial charge in [-0.1, -0.05) is 62.0 Å². The van der Waals surface area contributed by atoms with E-state index in [4.69, 9.17) is 0 Å². The van der Waals surface area contributed by atoms with Crippen LogP contribution < -0.4 is 5.32 Å². The second-order valence-electron chi connectivity index (χ2n) is 5.14. The van der Waals surface area contributed by atoms with E-state index < -0.39 is 5.76 Å². The minimum atomic E-state index is -2.37. The molecule has 2 aromatic rings.